The summed E-state index contributed by atoms with van der Waals surface area (Å²) < 4.78 is 9.23. The van der Waals surface area contributed by atoms with Gasteiger partial charge in [-0.05, 0) is 91.9 Å². The van der Waals surface area contributed by atoms with Crippen LogP contribution < -0.4 is 0 Å². The lowest BCUT2D eigenvalue weighted by atomic mass is 9.77. The van der Waals surface area contributed by atoms with Gasteiger partial charge in [-0.15, -0.1) is 11.3 Å². The van der Waals surface area contributed by atoms with E-state index in [1.54, 1.807) is 0 Å². The third kappa shape index (κ3) is 3.89. The van der Waals surface area contributed by atoms with Gasteiger partial charge in [-0.3, -0.25) is 0 Å². The van der Waals surface area contributed by atoms with Crippen LogP contribution in [0.15, 0.2) is 108 Å². The van der Waals surface area contributed by atoms with E-state index < -0.39 is 0 Å². The van der Waals surface area contributed by atoms with Crippen molar-refractivity contribution in [3.05, 3.63) is 120 Å². The summed E-state index contributed by atoms with van der Waals surface area (Å²) in [7, 11) is 0. The van der Waals surface area contributed by atoms with Crippen molar-refractivity contribution in [2.24, 2.45) is 0 Å². The van der Waals surface area contributed by atoms with Crippen molar-refractivity contribution >= 4 is 75.0 Å². The Balaban J connectivity index is 1.29. The van der Waals surface area contributed by atoms with Gasteiger partial charge < -0.3 is 4.42 Å². The summed E-state index contributed by atoms with van der Waals surface area (Å²) in [6.45, 7) is 11.6. The topological polar surface area (TPSA) is 13.1 Å². The van der Waals surface area contributed by atoms with Gasteiger partial charge in [0, 0.05) is 30.9 Å². The molecule has 1 nitrogen and oxygen atoms in total. The van der Waals surface area contributed by atoms with E-state index in [-0.39, 0.29) is 10.8 Å². The predicted molar refractivity (Wildman–Crippen MR) is 183 cm³/mol. The lowest BCUT2D eigenvalue weighted by molar-refractivity contribution is 0.524. The largest absolute Gasteiger partial charge is 0.456 e. The fraction of sp³-hybridized carbons (Fsp3) is 0.200. The molecule has 6 aromatic carbocycles. The highest BCUT2D eigenvalue weighted by Gasteiger charge is 2.25. The fourth-order valence-corrected chi connectivity index (χ4v) is 7.97. The molecule has 8 aromatic rings. The van der Waals surface area contributed by atoms with Crippen molar-refractivity contribution in [2.75, 3.05) is 0 Å². The van der Waals surface area contributed by atoms with Gasteiger partial charge in [0.1, 0.15) is 11.2 Å². The Labute approximate surface area is 250 Å². The van der Waals surface area contributed by atoms with Gasteiger partial charge in [0.15, 0.2) is 0 Å². The van der Waals surface area contributed by atoms with Gasteiger partial charge in [-0.25, -0.2) is 0 Å². The van der Waals surface area contributed by atoms with E-state index in [1.165, 1.54) is 69.2 Å². The van der Waals surface area contributed by atoms with Crippen LogP contribution in [0.4, 0.5) is 0 Å². The maximum atomic E-state index is 6.53. The maximum absolute atomic E-state index is 6.53. The van der Waals surface area contributed by atoms with Crippen molar-refractivity contribution in [3.8, 4) is 0 Å². The van der Waals surface area contributed by atoms with Gasteiger partial charge in [0.05, 0.1) is 0 Å². The molecule has 0 unspecified atom stereocenters. The van der Waals surface area contributed by atoms with Crippen LogP contribution in [0.1, 0.15) is 51.3 Å². The van der Waals surface area contributed by atoms with Crippen LogP contribution in [0, 0.1) is 0 Å². The first-order valence-electron chi connectivity index (χ1n) is 14.9. The molecule has 42 heavy (non-hydrogen) atoms. The summed E-state index contributed by atoms with van der Waals surface area (Å²) in [5, 5.41) is 10.4. The molecule has 0 saturated heterocycles. The van der Waals surface area contributed by atoms with Gasteiger partial charge in [-0.1, -0.05) is 101 Å². The summed E-state index contributed by atoms with van der Waals surface area (Å²) in [5.74, 6) is 0. The Morgan fingerprint density at radius 1 is 0.548 bits per heavy atom. The second kappa shape index (κ2) is 8.93. The Kier molecular flexibility index (Phi) is 5.43. The monoisotopic (exact) mass is 562 g/mol. The zero-order valence-electron chi connectivity index (χ0n) is 24.8. The maximum Gasteiger partial charge on any atom is 0.136 e. The predicted octanol–water partition coefficient (Wildman–Crippen LogP) is 12.1. The van der Waals surface area contributed by atoms with Crippen LogP contribution in [0.3, 0.4) is 0 Å². The van der Waals surface area contributed by atoms with Crippen molar-refractivity contribution in [1.82, 2.24) is 0 Å². The molecular formula is C40H34OS. The second-order valence-corrected chi connectivity index (χ2v) is 14.6. The Morgan fingerprint density at radius 2 is 1.24 bits per heavy atom. The second-order valence-electron chi connectivity index (χ2n) is 13.6. The number of hydrogen-bond acceptors (Lipinski definition) is 2. The minimum absolute atomic E-state index is 0.0745. The van der Waals surface area contributed by atoms with Gasteiger partial charge >= 0.3 is 0 Å². The van der Waals surface area contributed by atoms with E-state index in [0.717, 1.165) is 17.6 Å². The van der Waals surface area contributed by atoms with Gasteiger partial charge in [0.2, 0.25) is 0 Å². The first-order chi connectivity index (χ1) is 20.2. The van der Waals surface area contributed by atoms with Gasteiger partial charge in [0.25, 0.3) is 0 Å². The zero-order valence-corrected chi connectivity index (χ0v) is 25.7. The van der Waals surface area contributed by atoms with E-state index in [4.69, 9.17) is 4.42 Å². The SMILES string of the molecule is CC(C)(C)c1ccc2oc3cc(CC(C)(C)c4ccc5sc6ccc7ccccc7c6c5c4)c4ccccc4c3c2c1. The number of hydrogen-bond donors (Lipinski definition) is 0. The number of rotatable bonds is 3. The molecule has 0 bridgehead atoms. The van der Waals surface area contributed by atoms with Crippen LogP contribution in [0.25, 0.3) is 63.7 Å². The van der Waals surface area contributed by atoms with Gasteiger partial charge in [-0.2, -0.15) is 0 Å². The average molecular weight is 563 g/mol. The Morgan fingerprint density at radius 3 is 2.05 bits per heavy atom. The molecule has 0 amide bonds. The molecule has 0 N–H and O–H groups in total. The first kappa shape index (κ1) is 25.6. The molecule has 0 radical (unpaired) electrons. The molecule has 8 rings (SSSR count). The highest BCUT2D eigenvalue weighted by atomic mass is 32.1. The third-order valence-corrected chi connectivity index (χ3v) is 10.3. The summed E-state index contributed by atoms with van der Waals surface area (Å²) in [6.07, 6.45) is 0.919. The van der Waals surface area contributed by atoms with Crippen molar-refractivity contribution in [1.29, 1.82) is 0 Å². The van der Waals surface area contributed by atoms with E-state index in [0.29, 0.717) is 0 Å². The Bertz CT molecular complexity index is 2340. The average Bonchev–Trinajstić information content (AvgIpc) is 3.54. The minimum Gasteiger partial charge on any atom is -0.456 e. The fourth-order valence-electron chi connectivity index (χ4n) is 6.87. The molecule has 0 spiro atoms. The highest BCUT2D eigenvalue weighted by molar-refractivity contribution is 7.26. The molecule has 2 heteroatoms. The summed E-state index contributed by atoms with van der Waals surface area (Å²) >= 11 is 1.89. The number of thiophene rings is 1. The normalized spacial score (nSPS) is 13.0. The third-order valence-electron chi connectivity index (χ3n) is 9.20. The standard InChI is InChI=1S/C40H34OS/c1-39(2,3)26-15-17-33-31(21-26)37-30-13-9-8-11-28(30)25(20-34(37)41-33)23-40(4,5)27-16-19-35-32(22-27)38-29-12-7-6-10-24(29)14-18-36(38)42-35/h6-22H,23H2,1-5H3. The van der Waals surface area contributed by atoms with Crippen molar-refractivity contribution in [2.45, 2.75) is 51.9 Å². The summed E-state index contributed by atoms with van der Waals surface area (Å²) in [4.78, 5) is 0. The smallest absolute Gasteiger partial charge is 0.136 e. The first-order valence-corrected chi connectivity index (χ1v) is 15.7. The molecule has 0 aliphatic carbocycles. The molecule has 0 fully saturated rings. The zero-order chi connectivity index (χ0) is 28.8. The molecular weight excluding hydrogens is 529 g/mol. The van der Waals surface area contributed by atoms with E-state index in [9.17, 15) is 0 Å². The molecule has 2 aromatic heterocycles. The molecule has 2 heterocycles. The molecule has 0 aliphatic heterocycles. The minimum atomic E-state index is -0.0745. The lowest BCUT2D eigenvalue weighted by Gasteiger charge is -2.26. The van der Waals surface area contributed by atoms with E-state index >= 15 is 0 Å². The van der Waals surface area contributed by atoms with Crippen LogP contribution in [0.5, 0.6) is 0 Å². The molecule has 0 aliphatic rings. The van der Waals surface area contributed by atoms with Crippen LogP contribution >= 0.6 is 11.3 Å². The van der Waals surface area contributed by atoms with Crippen molar-refractivity contribution < 1.29 is 4.42 Å². The van der Waals surface area contributed by atoms with Crippen LogP contribution in [-0.2, 0) is 17.3 Å². The van der Waals surface area contributed by atoms with Crippen molar-refractivity contribution in [3.63, 3.8) is 0 Å². The van der Waals surface area contributed by atoms with Crippen LogP contribution in [-0.4, -0.2) is 0 Å². The highest BCUT2D eigenvalue weighted by Crippen LogP contribution is 2.43. The Hall–Kier alpha value is -4.14. The quantitative estimate of drug-likeness (QED) is 0.209. The lowest BCUT2D eigenvalue weighted by Crippen LogP contribution is -2.20. The number of benzene rings is 6. The van der Waals surface area contributed by atoms with E-state index in [2.05, 4.69) is 138 Å². The molecule has 0 atom stereocenters. The summed E-state index contributed by atoms with van der Waals surface area (Å²) in [5.41, 5.74) is 5.97. The summed E-state index contributed by atoms with van der Waals surface area (Å²) in [6, 6.07) is 38.3. The number of fused-ring (bicyclic) bond motifs is 10. The van der Waals surface area contributed by atoms with E-state index in [1.807, 2.05) is 11.3 Å². The molecule has 206 valence electrons. The van der Waals surface area contributed by atoms with Crippen LogP contribution in [0.2, 0.25) is 0 Å². The number of furan rings is 1. The molecule has 0 saturated carbocycles.